The summed E-state index contributed by atoms with van der Waals surface area (Å²) in [5.74, 6) is -0.00493. The highest BCUT2D eigenvalue weighted by Gasteiger charge is 2.22. The fraction of sp³-hybridized carbons (Fsp3) is 0.500. The van der Waals surface area contributed by atoms with E-state index in [0.29, 0.717) is 0 Å². The van der Waals surface area contributed by atoms with Gasteiger partial charge in [0, 0.05) is 22.1 Å². The molecule has 0 unspecified atom stereocenters. The minimum Gasteiger partial charge on any atom is -0.409 e. The van der Waals surface area contributed by atoms with Crippen LogP contribution in [0.15, 0.2) is 27.8 Å². The van der Waals surface area contributed by atoms with Gasteiger partial charge in [0.25, 0.3) is 0 Å². The second-order valence-corrected chi connectivity index (χ2v) is 6.23. The number of nitrogens with zero attached hydrogens (tertiary/aromatic N) is 1. The number of unbranched alkanes of at least 4 members (excludes halogenated alkanes) is 1. The highest BCUT2D eigenvalue weighted by Crippen LogP contribution is 2.25. The first-order chi connectivity index (χ1) is 9.36. The molecule has 0 aliphatic heterocycles. The van der Waals surface area contributed by atoms with Gasteiger partial charge in [-0.1, -0.05) is 25.4 Å². The molecule has 0 aromatic heterocycles. The van der Waals surface area contributed by atoms with Gasteiger partial charge in [-0.15, -0.1) is 0 Å². The predicted octanol–water partition coefficient (Wildman–Crippen LogP) is 3.94. The molecule has 4 nitrogen and oxygen atoms in total. The molecule has 1 rings (SSSR count). The van der Waals surface area contributed by atoms with Crippen molar-refractivity contribution < 1.29 is 9.60 Å². The number of hydrogen-bond donors (Lipinski definition) is 3. The number of benzene rings is 1. The minimum absolute atomic E-state index is 0.256. The van der Waals surface area contributed by atoms with Crippen LogP contribution >= 0.6 is 15.9 Å². The van der Waals surface area contributed by atoms with Gasteiger partial charge in [-0.2, -0.15) is 0 Å². The third-order valence-electron chi connectivity index (χ3n) is 3.28. The zero-order valence-electron chi connectivity index (χ0n) is 11.8. The lowest BCUT2D eigenvalue weighted by molar-refractivity contribution is 0.304. The molecular formula is C14H21BrFN3O. The first-order valence-electron chi connectivity index (χ1n) is 6.54. The van der Waals surface area contributed by atoms with E-state index in [1.807, 2.05) is 13.8 Å². The second kappa shape index (κ2) is 7.47. The van der Waals surface area contributed by atoms with E-state index in [1.165, 1.54) is 12.1 Å². The van der Waals surface area contributed by atoms with E-state index in [1.54, 1.807) is 6.07 Å². The zero-order valence-corrected chi connectivity index (χ0v) is 13.4. The molecule has 4 N–H and O–H groups in total. The van der Waals surface area contributed by atoms with Gasteiger partial charge in [0.1, 0.15) is 11.7 Å². The van der Waals surface area contributed by atoms with Gasteiger partial charge in [-0.3, -0.25) is 0 Å². The number of halogens is 2. The molecule has 0 aliphatic carbocycles. The summed E-state index contributed by atoms with van der Waals surface area (Å²) in [4.78, 5) is 0. The average Bonchev–Trinajstić information content (AvgIpc) is 2.39. The van der Waals surface area contributed by atoms with Gasteiger partial charge >= 0.3 is 0 Å². The standard InChI is InChI=1S/C14H21BrFN3O/c1-14(2,13(17)19-20)7-3-4-8-18-12-6-5-10(16)9-11(12)15/h5-6,9,18,20H,3-4,7-8H2,1-2H3,(H2,17,19). The van der Waals surface area contributed by atoms with Crippen molar-refractivity contribution in [1.82, 2.24) is 0 Å². The predicted molar refractivity (Wildman–Crippen MR) is 83.6 cm³/mol. The lowest BCUT2D eigenvalue weighted by Gasteiger charge is -2.22. The van der Waals surface area contributed by atoms with Crippen molar-refractivity contribution in [3.63, 3.8) is 0 Å². The fourth-order valence-corrected chi connectivity index (χ4v) is 2.30. The molecule has 0 bridgehead atoms. The average molecular weight is 346 g/mol. The summed E-state index contributed by atoms with van der Waals surface area (Å²) in [5, 5.41) is 15.0. The maximum Gasteiger partial charge on any atom is 0.144 e. The van der Waals surface area contributed by atoms with Crippen LogP contribution in [-0.2, 0) is 0 Å². The van der Waals surface area contributed by atoms with Crippen LogP contribution in [0.4, 0.5) is 10.1 Å². The highest BCUT2D eigenvalue weighted by atomic mass is 79.9. The van der Waals surface area contributed by atoms with E-state index < -0.39 is 0 Å². The molecule has 6 heteroatoms. The van der Waals surface area contributed by atoms with Crippen LogP contribution < -0.4 is 11.1 Å². The SMILES string of the molecule is CC(C)(CCCCNc1ccc(F)cc1Br)/C(N)=N/O. The summed E-state index contributed by atoms with van der Waals surface area (Å²) in [6.45, 7) is 4.69. The van der Waals surface area contributed by atoms with Crippen LogP contribution in [0, 0.1) is 11.2 Å². The molecule has 0 heterocycles. The number of nitrogens with two attached hydrogens (primary N) is 1. The molecule has 0 atom stereocenters. The monoisotopic (exact) mass is 345 g/mol. The number of oxime groups is 1. The Kier molecular flexibility index (Phi) is 6.26. The van der Waals surface area contributed by atoms with Crippen molar-refractivity contribution in [1.29, 1.82) is 0 Å². The van der Waals surface area contributed by atoms with Crippen molar-refractivity contribution in [3.05, 3.63) is 28.5 Å². The maximum absolute atomic E-state index is 12.9. The Labute approximate surface area is 127 Å². The maximum atomic E-state index is 12.9. The molecule has 20 heavy (non-hydrogen) atoms. The molecule has 0 saturated heterocycles. The number of hydrogen-bond acceptors (Lipinski definition) is 3. The third-order valence-corrected chi connectivity index (χ3v) is 3.93. The molecule has 1 aromatic carbocycles. The first kappa shape index (κ1) is 16.8. The van der Waals surface area contributed by atoms with Crippen LogP contribution in [0.2, 0.25) is 0 Å². The van der Waals surface area contributed by atoms with Crippen molar-refractivity contribution in [2.75, 3.05) is 11.9 Å². The lowest BCUT2D eigenvalue weighted by atomic mass is 9.86. The van der Waals surface area contributed by atoms with Gasteiger partial charge in [-0.25, -0.2) is 4.39 Å². The van der Waals surface area contributed by atoms with Crippen LogP contribution in [0.1, 0.15) is 33.1 Å². The van der Waals surface area contributed by atoms with Crippen LogP contribution in [0.3, 0.4) is 0 Å². The summed E-state index contributed by atoms with van der Waals surface area (Å²) >= 11 is 3.31. The summed E-state index contributed by atoms with van der Waals surface area (Å²) in [6.07, 6.45) is 2.75. The van der Waals surface area contributed by atoms with Crippen molar-refractivity contribution in [3.8, 4) is 0 Å². The minimum atomic E-state index is -0.300. The number of anilines is 1. The fourth-order valence-electron chi connectivity index (χ4n) is 1.81. The molecule has 0 amide bonds. The Hall–Kier alpha value is -1.30. The number of amidine groups is 1. The molecule has 0 fully saturated rings. The molecule has 0 aliphatic rings. The van der Waals surface area contributed by atoms with Gasteiger partial charge in [0.2, 0.25) is 0 Å². The topological polar surface area (TPSA) is 70.6 Å². The quantitative estimate of drug-likeness (QED) is 0.230. The van der Waals surface area contributed by atoms with Crippen LogP contribution in [-0.4, -0.2) is 17.6 Å². The van der Waals surface area contributed by atoms with E-state index in [0.717, 1.165) is 36.0 Å². The van der Waals surface area contributed by atoms with E-state index in [-0.39, 0.29) is 17.1 Å². The molecule has 0 radical (unpaired) electrons. The van der Waals surface area contributed by atoms with E-state index in [4.69, 9.17) is 10.9 Å². The van der Waals surface area contributed by atoms with E-state index in [2.05, 4.69) is 26.4 Å². The van der Waals surface area contributed by atoms with Crippen LogP contribution in [0.25, 0.3) is 0 Å². The molecule has 0 spiro atoms. The number of nitrogens with one attached hydrogen (secondary N) is 1. The van der Waals surface area contributed by atoms with Crippen molar-refractivity contribution in [2.45, 2.75) is 33.1 Å². The second-order valence-electron chi connectivity index (χ2n) is 5.38. The normalized spacial score (nSPS) is 12.5. The van der Waals surface area contributed by atoms with Crippen molar-refractivity contribution in [2.24, 2.45) is 16.3 Å². The first-order valence-corrected chi connectivity index (χ1v) is 7.33. The highest BCUT2D eigenvalue weighted by molar-refractivity contribution is 9.10. The van der Waals surface area contributed by atoms with Gasteiger partial charge in [0.05, 0.1) is 0 Å². The Bertz CT molecular complexity index is 477. The Morgan fingerprint density at radius 2 is 2.15 bits per heavy atom. The summed E-state index contributed by atoms with van der Waals surface area (Å²) in [5.41, 5.74) is 6.21. The van der Waals surface area contributed by atoms with Crippen molar-refractivity contribution >= 4 is 27.5 Å². The van der Waals surface area contributed by atoms with E-state index in [9.17, 15) is 4.39 Å². The molecule has 112 valence electrons. The zero-order chi connectivity index (χ0) is 15.2. The largest absolute Gasteiger partial charge is 0.409 e. The Morgan fingerprint density at radius 3 is 2.75 bits per heavy atom. The van der Waals surface area contributed by atoms with Gasteiger partial charge in [0.15, 0.2) is 0 Å². The van der Waals surface area contributed by atoms with Gasteiger partial charge < -0.3 is 16.3 Å². The molecule has 0 saturated carbocycles. The van der Waals surface area contributed by atoms with E-state index >= 15 is 0 Å². The smallest absolute Gasteiger partial charge is 0.144 e. The summed E-state index contributed by atoms with van der Waals surface area (Å²) in [7, 11) is 0. The third kappa shape index (κ3) is 5.00. The Morgan fingerprint density at radius 1 is 1.45 bits per heavy atom. The Balaban J connectivity index is 2.32. The summed E-state index contributed by atoms with van der Waals surface area (Å²) in [6, 6.07) is 4.57. The van der Waals surface area contributed by atoms with Gasteiger partial charge in [-0.05, 0) is 47.0 Å². The molecular weight excluding hydrogens is 325 g/mol. The molecule has 1 aromatic rings. The van der Waals surface area contributed by atoms with Crippen LogP contribution in [0.5, 0.6) is 0 Å². The summed E-state index contributed by atoms with van der Waals surface area (Å²) < 4.78 is 13.6. The number of rotatable bonds is 7. The lowest BCUT2D eigenvalue weighted by Crippen LogP contribution is -2.31.